The van der Waals surface area contributed by atoms with Gasteiger partial charge in [-0.25, -0.2) is 0 Å². The van der Waals surface area contributed by atoms with E-state index in [1.54, 1.807) is 7.11 Å². The molecular weight excluding hydrogens is 421 g/mol. The molecular formula is C24H33Cl2NO3. The highest BCUT2D eigenvalue weighted by molar-refractivity contribution is 6.30. The molecule has 0 radical (unpaired) electrons. The SMILES string of the molecule is COc1ccc(C(O)(CC(C)C)C(CN2CCOCC2)c2ccc(Cl)cc2)cc1.Cl. The Bertz CT molecular complexity index is 761. The van der Waals surface area contributed by atoms with Crippen molar-refractivity contribution in [1.29, 1.82) is 0 Å². The lowest BCUT2D eigenvalue weighted by molar-refractivity contribution is -0.0356. The molecule has 6 heteroatoms. The van der Waals surface area contributed by atoms with Crippen molar-refractivity contribution in [2.45, 2.75) is 31.8 Å². The summed E-state index contributed by atoms with van der Waals surface area (Å²) in [6.45, 7) is 8.30. The van der Waals surface area contributed by atoms with E-state index in [9.17, 15) is 5.11 Å². The van der Waals surface area contributed by atoms with Gasteiger partial charge < -0.3 is 14.6 Å². The maximum Gasteiger partial charge on any atom is 0.118 e. The molecule has 1 N–H and O–H groups in total. The molecule has 1 heterocycles. The first kappa shape index (κ1) is 25.0. The largest absolute Gasteiger partial charge is 0.497 e. The predicted octanol–water partition coefficient (Wildman–Crippen LogP) is 5.12. The molecule has 30 heavy (non-hydrogen) atoms. The number of hydrogen-bond donors (Lipinski definition) is 1. The van der Waals surface area contributed by atoms with Crippen LogP contribution in [0.5, 0.6) is 5.75 Å². The summed E-state index contributed by atoms with van der Waals surface area (Å²) in [5.74, 6) is 1.03. The molecule has 0 saturated carbocycles. The van der Waals surface area contributed by atoms with Crippen LogP contribution in [0.4, 0.5) is 0 Å². The first-order valence-corrected chi connectivity index (χ1v) is 10.7. The van der Waals surface area contributed by atoms with Crippen LogP contribution in [0.1, 0.15) is 37.3 Å². The number of rotatable bonds is 8. The standard InChI is InChI=1S/C24H32ClNO3.ClH/c1-18(2)16-24(27,20-6-10-22(28-3)11-7-20)23(17-26-12-14-29-15-13-26)19-4-8-21(25)9-5-19;/h4-11,18,23,27H,12-17H2,1-3H3;1H. The highest BCUT2D eigenvalue weighted by atomic mass is 35.5. The maximum atomic E-state index is 12.2. The van der Waals surface area contributed by atoms with E-state index in [0.717, 1.165) is 49.7 Å². The monoisotopic (exact) mass is 453 g/mol. The van der Waals surface area contributed by atoms with Gasteiger partial charge in [0, 0.05) is 30.6 Å². The molecule has 2 unspecified atom stereocenters. The normalized spacial score (nSPS) is 17.8. The molecule has 2 atom stereocenters. The molecule has 1 fully saturated rings. The fourth-order valence-electron chi connectivity index (χ4n) is 4.23. The second-order valence-corrected chi connectivity index (χ2v) is 8.70. The quantitative estimate of drug-likeness (QED) is 0.601. The number of ether oxygens (including phenoxy) is 2. The molecule has 1 aliphatic heterocycles. The Morgan fingerprint density at radius 2 is 1.67 bits per heavy atom. The lowest BCUT2D eigenvalue weighted by atomic mass is 9.72. The van der Waals surface area contributed by atoms with Gasteiger partial charge in [0.15, 0.2) is 0 Å². The van der Waals surface area contributed by atoms with Gasteiger partial charge in [0.05, 0.1) is 25.9 Å². The van der Waals surface area contributed by atoms with Crippen molar-refractivity contribution in [3.63, 3.8) is 0 Å². The third-order valence-electron chi connectivity index (χ3n) is 5.70. The number of hydrogen-bond acceptors (Lipinski definition) is 4. The molecule has 166 valence electrons. The van der Waals surface area contributed by atoms with Gasteiger partial charge in [-0.15, -0.1) is 12.4 Å². The molecule has 0 aromatic heterocycles. The van der Waals surface area contributed by atoms with Gasteiger partial charge in [0.2, 0.25) is 0 Å². The molecule has 1 aliphatic rings. The second-order valence-electron chi connectivity index (χ2n) is 8.27. The average Bonchev–Trinajstić information content (AvgIpc) is 2.73. The van der Waals surface area contributed by atoms with Crippen LogP contribution in [0.25, 0.3) is 0 Å². The molecule has 2 aromatic carbocycles. The Morgan fingerprint density at radius 1 is 1.07 bits per heavy atom. The van der Waals surface area contributed by atoms with E-state index >= 15 is 0 Å². The Kier molecular flexibility index (Phi) is 9.45. The Morgan fingerprint density at radius 3 is 2.20 bits per heavy atom. The van der Waals surface area contributed by atoms with Crippen LogP contribution in [-0.4, -0.2) is 50.0 Å². The minimum atomic E-state index is -1.01. The zero-order chi connectivity index (χ0) is 20.9. The van der Waals surface area contributed by atoms with Crippen molar-refractivity contribution in [1.82, 2.24) is 4.90 Å². The molecule has 1 saturated heterocycles. The Hall–Kier alpha value is -1.30. The summed E-state index contributed by atoms with van der Waals surface area (Å²) in [4.78, 5) is 2.39. The summed E-state index contributed by atoms with van der Waals surface area (Å²) < 4.78 is 10.9. The van der Waals surface area contributed by atoms with E-state index in [1.165, 1.54) is 0 Å². The zero-order valence-corrected chi connectivity index (χ0v) is 19.6. The minimum absolute atomic E-state index is 0. The third kappa shape index (κ3) is 6.12. The van der Waals surface area contributed by atoms with Crippen molar-refractivity contribution in [2.24, 2.45) is 5.92 Å². The highest BCUT2D eigenvalue weighted by Gasteiger charge is 2.41. The Balaban J connectivity index is 0.00000320. The summed E-state index contributed by atoms with van der Waals surface area (Å²) in [7, 11) is 1.66. The summed E-state index contributed by atoms with van der Waals surface area (Å²) in [5.41, 5.74) is 1.01. The van der Waals surface area contributed by atoms with Crippen LogP contribution in [0.2, 0.25) is 5.02 Å². The highest BCUT2D eigenvalue weighted by Crippen LogP contribution is 2.43. The van der Waals surface area contributed by atoms with E-state index in [-0.39, 0.29) is 18.3 Å². The number of halogens is 2. The molecule has 4 nitrogen and oxygen atoms in total. The topological polar surface area (TPSA) is 41.9 Å². The lowest BCUT2D eigenvalue weighted by Gasteiger charge is -2.42. The first-order chi connectivity index (χ1) is 13.9. The number of nitrogens with zero attached hydrogens (tertiary/aromatic N) is 1. The predicted molar refractivity (Wildman–Crippen MR) is 125 cm³/mol. The van der Waals surface area contributed by atoms with Crippen LogP contribution in [0, 0.1) is 5.92 Å². The zero-order valence-electron chi connectivity index (χ0n) is 18.0. The van der Waals surface area contributed by atoms with Crippen LogP contribution in [0.15, 0.2) is 48.5 Å². The van der Waals surface area contributed by atoms with E-state index in [1.807, 2.05) is 48.5 Å². The van der Waals surface area contributed by atoms with E-state index in [4.69, 9.17) is 21.1 Å². The average molecular weight is 454 g/mol. The fourth-order valence-corrected chi connectivity index (χ4v) is 4.36. The van der Waals surface area contributed by atoms with Crippen LogP contribution in [-0.2, 0) is 10.3 Å². The molecule has 0 aliphatic carbocycles. The van der Waals surface area contributed by atoms with Crippen LogP contribution in [0.3, 0.4) is 0 Å². The van der Waals surface area contributed by atoms with E-state index in [2.05, 4.69) is 18.7 Å². The van der Waals surface area contributed by atoms with Crippen LogP contribution < -0.4 is 4.74 Å². The first-order valence-electron chi connectivity index (χ1n) is 10.3. The molecule has 0 bridgehead atoms. The lowest BCUT2D eigenvalue weighted by Crippen LogP contribution is -2.45. The molecule has 3 rings (SSSR count). The van der Waals surface area contributed by atoms with E-state index < -0.39 is 5.60 Å². The van der Waals surface area contributed by atoms with Gasteiger partial charge in [0.25, 0.3) is 0 Å². The van der Waals surface area contributed by atoms with Gasteiger partial charge in [0.1, 0.15) is 5.75 Å². The Labute approximate surface area is 191 Å². The third-order valence-corrected chi connectivity index (χ3v) is 5.95. The van der Waals surface area contributed by atoms with Gasteiger partial charge in [-0.05, 0) is 47.7 Å². The van der Waals surface area contributed by atoms with Crippen molar-refractivity contribution in [3.8, 4) is 5.75 Å². The summed E-state index contributed by atoms with van der Waals surface area (Å²) in [6, 6.07) is 15.7. The molecule has 0 spiro atoms. The number of methoxy groups -OCH3 is 1. The fraction of sp³-hybridized carbons (Fsp3) is 0.500. The van der Waals surface area contributed by atoms with Gasteiger partial charge in [-0.3, -0.25) is 4.90 Å². The van der Waals surface area contributed by atoms with Crippen molar-refractivity contribution in [2.75, 3.05) is 40.0 Å². The minimum Gasteiger partial charge on any atom is -0.497 e. The van der Waals surface area contributed by atoms with Crippen molar-refractivity contribution in [3.05, 3.63) is 64.7 Å². The summed E-state index contributed by atoms with van der Waals surface area (Å²) in [5, 5.41) is 12.9. The van der Waals surface area contributed by atoms with Crippen molar-refractivity contribution < 1.29 is 14.6 Å². The van der Waals surface area contributed by atoms with Gasteiger partial charge in [-0.2, -0.15) is 0 Å². The maximum absolute atomic E-state index is 12.2. The smallest absolute Gasteiger partial charge is 0.118 e. The molecule has 2 aromatic rings. The van der Waals surface area contributed by atoms with Crippen molar-refractivity contribution >= 4 is 24.0 Å². The summed E-state index contributed by atoms with van der Waals surface area (Å²) in [6.07, 6.45) is 0.664. The van der Waals surface area contributed by atoms with E-state index in [0.29, 0.717) is 17.4 Å². The van der Waals surface area contributed by atoms with Gasteiger partial charge >= 0.3 is 0 Å². The number of morpholine rings is 1. The number of benzene rings is 2. The van der Waals surface area contributed by atoms with Crippen LogP contribution >= 0.6 is 24.0 Å². The molecule has 0 amide bonds. The summed E-state index contributed by atoms with van der Waals surface area (Å²) >= 11 is 6.15. The second kappa shape index (κ2) is 11.4. The van der Waals surface area contributed by atoms with Gasteiger partial charge in [-0.1, -0.05) is 49.7 Å². The number of aliphatic hydroxyl groups is 1.